The molecule has 2 aromatic rings. The minimum Gasteiger partial charge on any atom is -0.484 e. The Kier molecular flexibility index (Phi) is 5.94. The van der Waals surface area contributed by atoms with Gasteiger partial charge in [0, 0.05) is 23.9 Å². The van der Waals surface area contributed by atoms with Crippen molar-refractivity contribution in [2.75, 3.05) is 6.61 Å². The minimum atomic E-state index is -1.33. The Morgan fingerprint density at radius 3 is 2.62 bits per heavy atom. The van der Waals surface area contributed by atoms with Crippen molar-refractivity contribution < 1.29 is 33.8 Å². The predicted molar refractivity (Wildman–Crippen MR) is 89.2 cm³/mol. The number of aliphatic carboxylic acids is 2. The molecule has 9 heteroatoms. The van der Waals surface area contributed by atoms with Crippen molar-refractivity contribution in [3.63, 3.8) is 0 Å². The number of carboxylic acids is 2. The van der Waals surface area contributed by atoms with Gasteiger partial charge in [-0.05, 0) is 31.0 Å². The highest BCUT2D eigenvalue weighted by molar-refractivity contribution is 5.85. The lowest BCUT2D eigenvalue weighted by molar-refractivity contribution is -0.143. The SMILES string of the molecule is Cc1cc(=O)oc2cc(OCC(=O)N[C@H](CCC(=O)O)C(=O)O)ccc12. The fourth-order valence-electron chi connectivity index (χ4n) is 2.31. The molecule has 0 aliphatic rings. The van der Waals surface area contributed by atoms with Crippen molar-refractivity contribution in [2.45, 2.75) is 25.8 Å². The number of rotatable bonds is 8. The standard InChI is InChI=1S/C17H17NO8/c1-9-6-16(22)26-13-7-10(2-3-11(9)13)25-8-14(19)18-12(17(23)24)4-5-15(20)21/h2-3,6-7,12H,4-5,8H2,1H3,(H,18,19)(H,20,21)(H,23,24)/t12-/m1/s1. The van der Waals surface area contributed by atoms with E-state index in [1.54, 1.807) is 19.1 Å². The molecule has 1 aromatic carbocycles. The zero-order chi connectivity index (χ0) is 19.3. The normalized spacial score (nSPS) is 11.7. The van der Waals surface area contributed by atoms with E-state index < -0.39 is 36.1 Å². The number of amides is 1. The summed E-state index contributed by atoms with van der Waals surface area (Å²) in [4.78, 5) is 44.8. The zero-order valence-electron chi connectivity index (χ0n) is 13.9. The summed E-state index contributed by atoms with van der Waals surface area (Å²) in [5.74, 6) is -2.94. The summed E-state index contributed by atoms with van der Waals surface area (Å²) in [7, 11) is 0. The van der Waals surface area contributed by atoms with Gasteiger partial charge in [0.15, 0.2) is 6.61 Å². The number of aryl methyl sites for hydroxylation is 1. The monoisotopic (exact) mass is 363 g/mol. The number of carboxylic acid groups (broad SMARTS) is 2. The molecule has 0 aliphatic carbocycles. The lowest BCUT2D eigenvalue weighted by Crippen LogP contribution is -2.43. The van der Waals surface area contributed by atoms with Crippen LogP contribution >= 0.6 is 0 Å². The highest BCUT2D eigenvalue weighted by Crippen LogP contribution is 2.22. The summed E-state index contributed by atoms with van der Waals surface area (Å²) < 4.78 is 10.3. The van der Waals surface area contributed by atoms with Crippen molar-refractivity contribution >= 4 is 28.8 Å². The number of ether oxygens (including phenoxy) is 1. The van der Waals surface area contributed by atoms with Crippen LogP contribution in [-0.2, 0) is 14.4 Å². The molecule has 0 radical (unpaired) electrons. The van der Waals surface area contributed by atoms with Gasteiger partial charge in [0.05, 0.1) is 0 Å². The minimum absolute atomic E-state index is 0.239. The van der Waals surface area contributed by atoms with Crippen LogP contribution in [0.3, 0.4) is 0 Å². The highest BCUT2D eigenvalue weighted by Gasteiger charge is 2.21. The molecule has 1 amide bonds. The molecule has 1 heterocycles. The van der Waals surface area contributed by atoms with Crippen LogP contribution in [0.1, 0.15) is 18.4 Å². The Morgan fingerprint density at radius 1 is 1.23 bits per heavy atom. The second kappa shape index (κ2) is 8.15. The van der Waals surface area contributed by atoms with Gasteiger partial charge in [-0.2, -0.15) is 0 Å². The highest BCUT2D eigenvalue weighted by atomic mass is 16.5. The number of nitrogens with one attached hydrogen (secondary N) is 1. The van der Waals surface area contributed by atoms with Crippen LogP contribution < -0.4 is 15.7 Å². The van der Waals surface area contributed by atoms with E-state index in [2.05, 4.69) is 5.32 Å². The van der Waals surface area contributed by atoms with Gasteiger partial charge < -0.3 is 24.7 Å². The first-order valence-corrected chi connectivity index (χ1v) is 7.67. The Balaban J connectivity index is 2.00. The topological polar surface area (TPSA) is 143 Å². The summed E-state index contributed by atoms with van der Waals surface area (Å²) >= 11 is 0. The van der Waals surface area contributed by atoms with Crippen LogP contribution in [0.5, 0.6) is 5.75 Å². The van der Waals surface area contributed by atoms with Gasteiger partial charge in [-0.1, -0.05) is 0 Å². The van der Waals surface area contributed by atoms with E-state index in [-0.39, 0.29) is 18.6 Å². The number of carbonyl (C=O) groups excluding carboxylic acids is 1. The number of carbonyl (C=O) groups is 3. The molecule has 0 spiro atoms. The third-order valence-corrected chi connectivity index (χ3v) is 3.57. The lowest BCUT2D eigenvalue weighted by Gasteiger charge is -2.14. The Morgan fingerprint density at radius 2 is 1.96 bits per heavy atom. The van der Waals surface area contributed by atoms with Crippen molar-refractivity contribution in [1.29, 1.82) is 0 Å². The first-order valence-electron chi connectivity index (χ1n) is 7.67. The summed E-state index contributed by atoms with van der Waals surface area (Å²) in [6.45, 7) is 1.29. The first kappa shape index (κ1) is 19.0. The molecule has 0 aliphatic heterocycles. The summed E-state index contributed by atoms with van der Waals surface area (Å²) in [6, 6.07) is 4.75. The van der Waals surface area contributed by atoms with Crippen molar-refractivity contribution in [2.24, 2.45) is 0 Å². The van der Waals surface area contributed by atoms with Crippen LogP contribution in [0.4, 0.5) is 0 Å². The van der Waals surface area contributed by atoms with Crippen LogP contribution in [0.2, 0.25) is 0 Å². The van der Waals surface area contributed by atoms with Crippen LogP contribution in [0.15, 0.2) is 33.5 Å². The molecule has 138 valence electrons. The first-order chi connectivity index (χ1) is 12.3. The quantitative estimate of drug-likeness (QED) is 0.587. The summed E-state index contributed by atoms with van der Waals surface area (Å²) in [5.41, 5.74) is 0.536. The van der Waals surface area contributed by atoms with Gasteiger partial charge >= 0.3 is 17.6 Å². The molecule has 0 unspecified atom stereocenters. The van der Waals surface area contributed by atoms with Gasteiger partial charge in [-0.25, -0.2) is 9.59 Å². The molecule has 0 bridgehead atoms. The number of hydrogen-bond acceptors (Lipinski definition) is 6. The van der Waals surface area contributed by atoms with Gasteiger partial charge in [-0.15, -0.1) is 0 Å². The molecule has 0 saturated heterocycles. The molecule has 0 fully saturated rings. The van der Waals surface area contributed by atoms with E-state index in [0.29, 0.717) is 5.58 Å². The maximum atomic E-state index is 11.8. The molecular formula is C17H17NO8. The third kappa shape index (κ3) is 5.07. The second-order valence-electron chi connectivity index (χ2n) is 5.59. The van der Waals surface area contributed by atoms with Crippen LogP contribution in [-0.4, -0.2) is 40.7 Å². The largest absolute Gasteiger partial charge is 0.484 e. The summed E-state index contributed by atoms with van der Waals surface area (Å²) in [6.07, 6.45) is -0.627. The molecule has 0 saturated carbocycles. The zero-order valence-corrected chi connectivity index (χ0v) is 13.9. The molecular weight excluding hydrogens is 346 g/mol. The van der Waals surface area contributed by atoms with Gasteiger partial charge in [0.2, 0.25) is 0 Å². The molecule has 1 aromatic heterocycles. The Bertz CT molecular complexity index is 901. The number of hydrogen-bond donors (Lipinski definition) is 3. The molecule has 9 nitrogen and oxygen atoms in total. The molecule has 2 rings (SSSR count). The average Bonchev–Trinajstić information content (AvgIpc) is 2.55. The van der Waals surface area contributed by atoms with Crippen molar-refractivity contribution in [3.8, 4) is 5.75 Å². The lowest BCUT2D eigenvalue weighted by atomic mass is 10.1. The van der Waals surface area contributed by atoms with Crippen molar-refractivity contribution in [3.05, 3.63) is 40.2 Å². The van der Waals surface area contributed by atoms with Gasteiger partial charge in [-0.3, -0.25) is 9.59 Å². The Hall–Kier alpha value is -3.36. The average molecular weight is 363 g/mol. The number of benzene rings is 1. The third-order valence-electron chi connectivity index (χ3n) is 3.57. The van der Waals surface area contributed by atoms with E-state index >= 15 is 0 Å². The fourth-order valence-corrected chi connectivity index (χ4v) is 2.31. The second-order valence-corrected chi connectivity index (χ2v) is 5.59. The van der Waals surface area contributed by atoms with Gasteiger partial charge in [0.25, 0.3) is 5.91 Å². The number of fused-ring (bicyclic) bond motifs is 1. The molecule has 26 heavy (non-hydrogen) atoms. The molecule has 1 atom stereocenters. The van der Waals surface area contributed by atoms with Crippen molar-refractivity contribution in [1.82, 2.24) is 5.32 Å². The predicted octanol–water partition coefficient (Wildman–Crippen LogP) is 0.914. The maximum Gasteiger partial charge on any atom is 0.336 e. The van der Waals surface area contributed by atoms with E-state index in [1.165, 1.54) is 12.1 Å². The van der Waals surface area contributed by atoms with E-state index in [1.807, 2.05) is 0 Å². The van der Waals surface area contributed by atoms with Crippen LogP contribution in [0.25, 0.3) is 11.0 Å². The summed E-state index contributed by atoms with van der Waals surface area (Å²) in [5, 5.41) is 20.5. The smallest absolute Gasteiger partial charge is 0.336 e. The maximum absolute atomic E-state index is 11.8. The van der Waals surface area contributed by atoms with E-state index in [4.69, 9.17) is 19.4 Å². The van der Waals surface area contributed by atoms with Crippen LogP contribution in [0, 0.1) is 6.92 Å². The molecule has 3 N–H and O–H groups in total. The Labute approximate surface area is 147 Å². The van der Waals surface area contributed by atoms with E-state index in [0.717, 1.165) is 10.9 Å². The fraction of sp³-hybridized carbons (Fsp3) is 0.294. The van der Waals surface area contributed by atoms with Gasteiger partial charge in [0.1, 0.15) is 17.4 Å². The van der Waals surface area contributed by atoms with E-state index in [9.17, 15) is 19.2 Å².